The number of carbonyl (C=O) groups excluding carboxylic acids is 5. The Labute approximate surface area is 794 Å². The number of methoxy groups -OCH3 is 9. The Bertz CT molecular complexity index is 6180. The number of pyridine rings is 5. The number of fused-ring (bicyclic) bond motifs is 10. The number of carbonyl (C=O) groups is 5. The van der Waals surface area contributed by atoms with Crippen LogP contribution < -0.4 is 56.7 Å². The number of halogens is 7. The van der Waals surface area contributed by atoms with Crippen molar-refractivity contribution in [1.82, 2.24) is 33.5 Å². The summed E-state index contributed by atoms with van der Waals surface area (Å²) in [6, 6.07) is 5.94. The van der Waals surface area contributed by atoms with Crippen LogP contribution in [0.3, 0.4) is 0 Å². The normalized spacial score (nSPS) is 28.2. The van der Waals surface area contributed by atoms with Gasteiger partial charge >= 0.3 is 0 Å². The van der Waals surface area contributed by atoms with E-state index in [-0.39, 0.29) is 127 Å². The van der Waals surface area contributed by atoms with E-state index in [2.05, 4.69) is 104 Å². The van der Waals surface area contributed by atoms with Crippen LogP contribution in [0, 0.1) is 50.3 Å². The molecule has 7 aromatic rings. The van der Waals surface area contributed by atoms with E-state index in [0.29, 0.717) is 88.0 Å². The van der Waals surface area contributed by atoms with Crippen molar-refractivity contribution in [1.29, 1.82) is 0 Å². The molecule has 2 aromatic carbocycles. The van der Waals surface area contributed by atoms with Gasteiger partial charge in [-0.2, -0.15) is 0 Å². The molecule has 0 radical (unpaired) electrons. The van der Waals surface area contributed by atoms with E-state index < -0.39 is 116 Å². The summed E-state index contributed by atoms with van der Waals surface area (Å²) in [6.45, 7) is 23.0. The van der Waals surface area contributed by atoms with Crippen molar-refractivity contribution >= 4 is 85.3 Å². The van der Waals surface area contributed by atoms with E-state index in [9.17, 15) is 75.7 Å². The van der Waals surface area contributed by atoms with E-state index in [1.807, 2.05) is 38.6 Å². The third kappa shape index (κ3) is 16.4. The first-order chi connectivity index (χ1) is 62.4. The summed E-state index contributed by atoms with van der Waals surface area (Å²) in [5, 5.41) is 26.4. The summed E-state index contributed by atoms with van der Waals surface area (Å²) in [5.41, 5.74) is -6.78. The van der Waals surface area contributed by atoms with Crippen LogP contribution in [0.5, 0.6) is 28.7 Å². The van der Waals surface area contributed by atoms with E-state index in [1.165, 1.54) is 57.5 Å². The summed E-state index contributed by atoms with van der Waals surface area (Å²) >= 11 is 9.94. The number of ketones is 3. The van der Waals surface area contributed by atoms with Crippen LogP contribution in [0.4, 0.5) is 17.6 Å². The molecule has 5 aliphatic carbocycles. The van der Waals surface area contributed by atoms with Gasteiger partial charge in [0.1, 0.15) is 57.6 Å². The van der Waals surface area contributed by atoms with Gasteiger partial charge in [-0.15, -0.1) is 0 Å². The number of aromatic nitrogens is 5. The molecule has 5 saturated carbocycles. The van der Waals surface area contributed by atoms with Crippen LogP contribution in [-0.4, -0.2) is 163 Å². The Balaban J connectivity index is 0.000000143. The standard InChI is InChI=1S/C23H24F2N2O5.C22H22F2N2O5.C21H34BrNO4Si.C15H20BrNO4.C15H18BrNO4/c1-22-7-4-8-23(22,32-3)12-27-11-15(18(28)19(31-2)17(27)20(22)29)21(30)26-10-13-5-6-14(24)9-16(13)25;1-21-6-3-7-22(21,31-2)11-26-10-14(17(27)18(28)16(26)19(21)29)20(30)25-9-12-4-5-13(23)8-15(12)24;1-19(2,3)28(7,8)27-18-15-17(25-5)16(24)14(22)12-23(15)13-21(26-6)11-9-10-20(18,21)4;2*1-14-5-4-6-15(14,21-3)8-17-7-9(16)11(18)12(20-2)10(17)13(14)19/h5-6,9,11H,4,7-8,10,12H2,1-3H3,(H,26,30);4-5,8,10,28H,3,6-7,9,11H2,1-2H3,(H,25,30);12,18H,9-11,13H2,1-8H3;7,13,19H,4-6,8H2,1-3H3;7H,4-6,8H2,1-3H3. The number of amides is 2. The SMILES string of the molecule is COC12CCCC1(C)C(=O)c1c(O)c(=O)c(C(=O)NCc3ccc(F)cc3F)cn1C2.COc1c2n(cc(Br)c1=O)CC1(OC)CCCC1(C)C2=O.COc1c2n(cc(Br)c1=O)CC1(OC)CCCC1(C)C2O.COc1c2n(cc(Br)c1=O)CC1(OC)CCCC1(C)C2O[Si](C)(C)C(C)(C)C.COc1c2n(cc(C(=O)NCc3ccc(F)cc3F)c1=O)CC1(OC)CCCC1(C)C2=O. The van der Waals surface area contributed by atoms with Crippen molar-refractivity contribution in [3.8, 4) is 28.7 Å². The van der Waals surface area contributed by atoms with Crippen LogP contribution in [0.25, 0.3) is 0 Å². The van der Waals surface area contributed by atoms with Gasteiger partial charge in [-0.25, -0.2) is 17.6 Å². The number of nitrogens with one attached hydrogen (secondary N) is 2. The van der Waals surface area contributed by atoms with Crippen molar-refractivity contribution in [3.63, 3.8) is 0 Å². The lowest BCUT2D eigenvalue weighted by Crippen LogP contribution is -2.58. The highest BCUT2D eigenvalue weighted by Crippen LogP contribution is 2.64. The molecule has 5 fully saturated rings. The second-order valence-corrected chi connectivity index (χ2v) is 46.5. The van der Waals surface area contributed by atoms with Crippen molar-refractivity contribution in [2.24, 2.45) is 27.1 Å². The van der Waals surface area contributed by atoms with E-state index >= 15 is 0 Å². The Morgan fingerprint density at radius 3 is 1.16 bits per heavy atom. The lowest BCUT2D eigenvalue weighted by Gasteiger charge is -2.54. The molecule has 133 heavy (non-hydrogen) atoms. The maximum absolute atomic E-state index is 13.9. The maximum atomic E-state index is 13.9. The van der Waals surface area contributed by atoms with E-state index in [0.717, 1.165) is 88.5 Å². The quantitative estimate of drug-likeness (QED) is 0.0486. The van der Waals surface area contributed by atoms with Crippen molar-refractivity contribution < 1.29 is 98.8 Å². The first-order valence-electron chi connectivity index (χ1n) is 44.3. The zero-order valence-corrected chi connectivity index (χ0v) is 84.3. The molecule has 10 heterocycles. The van der Waals surface area contributed by atoms with E-state index in [4.69, 9.17) is 47.1 Å². The Morgan fingerprint density at radius 1 is 0.436 bits per heavy atom. The predicted molar refractivity (Wildman–Crippen MR) is 497 cm³/mol. The minimum absolute atomic E-state index is 0.0345. The Kier molecular flexibility index (Phi) is 28.5. The third-order valence-electron chi connectivity index (χ3n) is 31.9. The number of rotatable bonds is 17. The van der Waals surface area contributed by atoms with Crippen molar-refractivity contribution in [2.45, 2.75) is 256 Å². The molecule has 0 saturated heterocycles. The minimum atomic E-state index is -2.12. The summed E-state index contributed by atoms with van der Waals surface area (Å²) in [6.07, 6.45) is 19.3. The first-order valence-corrected chi connectivity index (χ1v) is 49.6. The molecule has 10 aliphatic rings. The number of hydrogen-bond donors (Lipinski definition) is 4. The van der Waals surface area contributed by atoms with E-state index in [1.54, 1.807) is 56.9 Å². The van der Waals surface area contributed by atoms with Gasteiger partial charge in [0, 0.05) is 114 Å². The molecule has 37 heteroatoms. The topological polar surface area (TPSA) is 352 Å². The number of nitrogens with zero attached hydrogens (tertiary/aromatic N) is 5. The number of hydrogen-bond acceptors (Lipinski definition) is 22. The molecular formula is C96H118Br3F4N7O22Si. The monoisotopic (exact) mass is 2060 g/mol. The summed E-state index contributed by atoms with van der Waals surface area (Å²) in [7, 11) is 11.9. The van der Waals surface area contributed by atoms with Gasteiger partial charge in [-0.05, 0) is 195 Å². The highest BCUT2D eigenvalue weighted by Gasteiger charge is 2.67. The molecule has 12 unspecified atom stereocenters. The van der Waals surface area contributed by atoms with Crippen LogP contribution in [0.2, 0.25) is 18.1 Å². The third-order valence-corrected chi connectivity index (χ3v) is 38.1. The molecular weight excluding hydrogens is 1950 g/mol. The zero-order chi connectivity index (χ0) is 97.8. The zero-order valence-electron chi connectivity index (χ0n) is 78.5. The van der Waals surface area contributed by atoms with Gasteiger partial charge in [-0.1, -0.05) is 46.8 Å². The fourth-order valence-corrected chi connectivity index (χ4v) is 25.2. The Hall–Kier alpha value is -8.76. The molecule has 5 aromatic heterocycles. The molecule has 0 bridgehead atoms. The van der Waals surface area contributed by atoms with Gasteiger partial charge in [0.05, 0.1) is 136 Å². The van der Waals surface area contributed by atoms with Crippen LogP contribution in [0.1, 0.15) is 239 Å². The largest absolute Gasteiger partial charge is 0.503 e. The minimum Gasteiger partial charge on any atom is -0.503 e. The number of aliphatic hydroxyl groups is 1. The van der Waals surface area contributed by atoms with Gasteiger partial charge in [0.25, 0.3) is 11.8 Å². The lowest BCUT2D eigenvalue weighted by atomic mass is 9.68. The van der Waals surface area contributed by atoms with Gasteiger partial charge in [-0.3, -0.25) is 47.9 Å². The number of aliphatic hydroxyl groups excluding tert-OH is 1. The molecule has 4 N–H and O–H groups in total. The smallest absolute Gasteiger partial charge is 0.257 e. The average molecular weight is 2070 g/mol. The highest BCUT2D eigenvalue weighted by molar-refractivity contribution is 9.11. The highest BCUT2D eigenvalue weighted by atomic mass is 79.9. The Morgan fingerprint density at radius 2 is 0.759 bits per heavy atom. The molecule has 5 aliphatic heterocycles. The predicted octanol–water partition coefficient (Wildman–Crippen LogP) is 15.3. The molecule has 17 rings (SSSR count). The van der Waals surface area contributed by atoms with Gasteiger partial charge in [0.15, 0.2) is 54.4 Å². The second kappa shape index (κ2) is 37.3. The molecule has 29 nitrogen and oxygen atoms in total. The van der Waals surface area contributed by atoms with Gasteiger partial charge in [0.2, 0.25) is 27.1 Å². The van der Waals surface area contributed by atoms with Crippen molar-refractivity contribution in [2.75, 3.05) is 64.0 Å². The van der Waals surface area contributed by atoms with Crippen LogP contribution in [-0.2, 0) is 73.9 Å². The van der Waals surface area contributed by atoms with Crippen molar-refractivity contribution in [3.05, 3.63) is 206 Å². The van der Waals surface area contributed by atoms with Gasteiger partial charge < -0.3 is 90.7 Å². The molecule has 0 spiro atoms. The number of benzene rings is 2. The molecule has 12 atom stereocenters. The first kappa shape index (κ1) is 102. The number of Topliss-reactive ketones (excluding diaryl/α,β-unsaturated/α-hetero) is 3. The summed E-state index contributed by atoms with van der Waals surface area (Å²) < 4.78 is 122. The number of ether oxygens (including phenoxy) is 9. The molecule has 722 valence electrons. The fraction of sp³-hybridized carbons (Fsp3) is 0.562. The fourth-order valence-electron chi connectivity index (χ4n) is 22.6. The summed E-state index contributed by atoms with van der Waals surface area (Å²) in [4.78, 5) is 128. The second-order valence-electron chi connectivity index (χ2n) is 39.2. The molecule has 2 amide bonds. The van der Waals surface area contributed by atoms with Crippen LogP contribution in [0.15, 0.2) is 105 Å². The number of aromatic hydroxyl groups is 1. The van der Waals surface area contributed by atoms with Crippen LogP contribution >= 0.6 is 47.8 Å². The maximum Gasteiger partial charge on any atom is 0.257 e. The summed E-state index contributed by atoms with van der Waals surface area (Å²) in [5.74, 6) is -5.71. The lowest BCUT2D eigenvalue weighted by molar-refractivity contribution is -0.164. The average Bonchev–Trinajstić information content (AvgIpc) is 1.64.